The van der Waals surface area contributed by atoms with Crippen LogP contribution in [0.3, 0.4) is 0 Å². The van der Waals surface area contributed by atoms with Crippen molar-refractivity contribution < 1.29 is 31.5 Å². The van der Waals surface area contributed by atoms with E-state index in [2.05, 4.69) is 4.40 Å². The zero-order valence-electron chi connectivity index (χ0n) is 10.4. The Hall–Kier alpha value is -1.55. The van der Waals surface area contributed by atoms with E-state index in [-0.39, 0.29) is 16.7 Å². The summed E-state index contributed by atoms with van der Waals surface area (Å²) in [5.74, 6) is -1.72. The van der Waals surface area contributed by atoms with Crippen molar-refractivity contribution in [1.29, 1.82) is 0 Å². The fraction of sp³-hybridized carbons (Fsp3) is 0.273. The van der Waals surface area contributed by atoms with Crippen molar-refractivity contribution in [2.24, 2.45) is 4.40 Å². The molecule has 0 aliphatic heterocycles. The van der Waals surface area contributed by atoms with Gasteiger partial charge in [-0.1, -0.05) is 18.2 Å². The lowest BCUT2D eigenvalue weighted by Crippen LogP contribution is -2.22. The number of hydrogen-bond acceptors (Lipinski definition) is 4. The van der Waals surface area contributed by atoms with Gasteiger partial charge >= 0.3 is 12.1 Å². The molecule has 1 rings (SSSR count). The van der Waals surface area contributed by atoms with Crippen LogP contribution in [0.25, 0.3) is 0 Å². The third kappa shape index (κ3) is 5.76. The van der Waals surface area contributed by atoms with E-state index in [0.29, 0.717) is 0 Å². The Morgan fingerprint density at radius 1 is 1.24 bits per heavy atom. The molecule has 10 heteroatoms. The predicted molar refractivity (Wildman–Crippen MR) is 71.8 cm³/mol. The summed E-state index contributed by atoms with van der Waals surface area (Å²) in [5.41, 5.74) is 0. The largest absolute Gasteiger partial charge is 0.481 e. The van der Waals surface area contributed by atoms with Crippen molar-refractivity contribution in [2.45, 2.75) is 17.5 Å². The second-order valence-corrected chi connectivity index (χ2v) is 6.36. The summed E-state index contributed by atoms with van der Waals surface area (Å²) < 4.78 is 64.5. The quantitative estimate of drug-likeness (QED) is 0.657. The van der Waals surface area contributed by atoms with Gasteiger partial charge in [0.25, 0.3) is 10.0 Å². The number of carboxylic acid groups (broad SMARTS) is 1. The van der Waals surface area contributed by atoms with Crippen LogP contribution in [-0.4, -0.2) is 36.5 Å². The standard InChI is InChI=1S/C11H10F3NO4S2/c12-11(13,14)10(20-7-6-9(16)17)15-21(18,19)8-4-2-1-3-5-8/h1-5H,6-7H2,(H,16,17)/b15-10-. The molecule has 5 nitrogen and oxygen atoms in total. The number of hydrogen-bond donors (Lipinski definition) is 1. The highest BCUT2D eigenvalue weighted by molar-refractivity contribution is 8.14. The first kappa shape index (κ1) is 17.5. The molecule has 1 aromatic rings. The van der Waals surface area contributed by atoms with Crippen molar-refractivity contribution >= 4 is 32.8 Å². The van der Waals surface area contributed by atoms with Gasteiger partial charge in [0, 0.05) is 5.75 Å². The fourth-order valence-corrected chi connectivity index (χ4v) is 3.22. The highest BCUT2D eigenvalue weighted by Crippen LogP contribution is 2.27. The summed E-state index contributed by atoms with van der Waals surface area (Å²) >= 11 is 0.0433. The molecule has 0 saturated carbocycles. The Kier molecular flexibility index (Phi) is 5.78. The number of thioether (sulfide) groups is 1. The van der Waals surface area contributed by atoms with Gasteiger partial charge in [0.05, 0.1) is 11.3 Å². The summed E-state index contributed by atoms with van der Waals surface area (Å²) in [6, 6.07) is 6.46. The molecule has 0 spiro atoms. The summed E-state index contributed by atoms with van der Waals surface area (Å²) in [7, 11) is -4.49. The monoisotopic (exact) mass is 341 g/mol. The van der Waals surface area contributed by atoms with E-state index in [1.54, 1.807) is 0 Å². The number of nitrogens with zero attached hydrogens (tertiary/aromatic N) is 1. The molecule has 21 heavy (non-hydrogen) atoms. The molecule has 0 radical (unpaired) electrons. The molecular weight excluding hydrogens is 331 g/mol. The zero-order chi connectivity index (χ0) is 16.1. The SMILES string of the molecule is O=C(O)CCS/C(=N\S(=O)(=O)c1ccccc1)C(F)(F)F. The minimum Gasteiger partial charge on any atom is -0.481 e. The van der Waals surface area contributed by atoms with Crippen LogP contribution in [0.1, 0.15) is 6.42 Å². The van der Waals surface area contributed by atoms with Crippen molar-refractivity contribution in [1.82, 2.24) is 0 Å². The maximum atomic E-state index is 12.7. The van der Waals surface area contributed by atoms with Crippen LogP contribution in [0.15, 0.2) is 39.6 Å². The Balaban J connectivity index is 3.05. The van der Waals surface area contributed by atoms with Gasteiger partial charge in [-0.15, -0.1) is 16.2 Å². The van der Waals surface area contributed by atoms with Crippen LogP contribution >= 0.6 is 11.8 Å². The number of aliphatic carboxylic acids is 1. The highest BCUT2D eigenvalue weighted by atomic mass is 32.2. The molecule has 0 aliphatic rings. The maximum Gasteiger partial charge on any atom is 0.440 e. The van der Waals surface area contributed by atoms with Crippen molar-refractivity contribution in [3.63, 3.8) is 0 Å². The average molecular weight is 341 g/mol. The van der Waals surface area contributed by atoms with Gasteiger partial charge in [-0.05, 0) is 12.1 Å². The van der Waals surface area contributed by atoms with Crippen LogP contribution < -0.4 is 0 Å². The number of sulfonamides is 1. The van der Waals surface area contributed by atoms with Gasteiger partial charge in [0.2, 0.25) is 0 Å². The van der Waals surface area contributed by atoms with Crippen molar-refractivity contribution in [3.8, 4) is 0 Å². The molecular formula is C11H10F3NO4S2. The van der Waals surface area contributed by atoms with Crippen LogP contribution in [-0.2, 0) is 14.8 Å². The summed E-state index contributed by atoms with van der Waals surface area (Å²) in [6.45, 7) is 0. The minimum absolute atomic E-state index is 0.0433. The molecule has 0 aromatic heterocycles. The lowest BCUT2D eigenvalue weighted by Gasteiger charge is -2.09. The van der Waals surface area contributed by atoms with E-state index in [9.17, 15) is 26.4 Å². The third-order valence-electron chi connectivity index (χ3n) is 2.04. The first-order valence-electron chi connectivity index (χ1n) is 5.45. The number of rotatable bonds is 5. The summed E-state index contributed by atoms with van der Waals surface area (Å²) in [5, 5.41) is 6.80. The molecule has 0 atom stereocenters. The predicted octanol–water partition coefficient (Wildman–Crippen LogP) is 2.54. The third-order valence-corrected chi connectivity index (χ3v) is 4.45. The van der Waals surface area contributed by atoms with Crippen LogP contribution in [0.2, 0.25) is 0 Å². The number of halogens is 3. The van der Waals surface area contributed by atoms with Crippen LogP contribution in [0, 0.1) is 0 Å². The molecule has 1 N–H and O–H groups in total. The first-order chi connectivity index (χ1) is 9.63. The summed E-state index contributed by atoms with van der Waals surface area (Å²) in [4.78, 5) is 9.91. The van der Waals surface area contributed by atoms with E-state index in [1.807, 2.05) is 0 Å². The van der Waals surface area contributed by atoms with Gasteiger partial charge in [-0.2, -0.15) is 21.6 Å². The second kappa shape index (κ2) is 6.94. The molecule has 1 aromatic carbocycles. The van der Waals surface area contributed by atoms with E-state index < -0.39 is 39.4 Å². The van der Waals surface area contributed by atoms with E-state index in [4.69, 9.17) is 5.11 Å². The Morgan fingerprint density at radius 2 is 1.81 bits per heavy atom. The average Bonchev–Trinajstić information content (AvgIpc) is 2.37. The van der Waals surface area contributed by atoms with Crippen molar-refractivity contribution in [2.75, 3.05) is 5.75 Å². The van der Waals surface area contributed by atoms with Gasteiger partial charge in [0.1, 0.15) is 0 Å². The van der Waals surface area contributed by atoms with E-state index in [1.165, 1.54) is 18.2 Å². The van der Waals surface area contributed by atoms with Crippen molar-refractivity contribution in [3.05, 3.63) is 30.3 Å². The number of alkyl halides is 3. The van der Waals surface area contributed by atoms with Gasteiger partial charge in [0.15, 0.2) is 5.04 Å². The smallest absolute Gasteiger partial charge is 0.440 e. The van der Waals surface area contributed by atoms with Gasteiger partial charge < -0.3 is 5.11 Å². The van der Waals surface area contributed by atoms with Crippen LogP contribution in [0.5, 0.6) is 0 Å². The molecule has 0 amide bonds. The van der Waals surface area contributed by atoms with E-state index in [0.717, 1.165) is 12.1 Å². The van der Waals surface area contributed by atoms with Gasteiger partial charge in [-0.25, -0.2) is 0 Å². The molecule has 0 heterocycles. The molecule has 0 bridgehead atoms. The molecule has 0 saturated heterocycles. The zero-order valence-corrected chi connectivity index (χ0v) is 12.0. The summed E-state index contributed by atoms with van der Waals surface area (Å²) in [6.07, 6.45) is -5.50. The molecule has 0 unspecified atom stereocenters. The number of carbonyl (C=O) groups is 1. The normalized spacial score (nSPS) is 13.2. The van der Waals surface area contributed by atoms with Crippen LogP contribution in [0.4, 0.5) is 13.2 Å². The van der Waals surface area contributed by atoms with E-state index >= 15 is 0 Å². The Labute approximate surface area is 122 Å². The molecule has 116 valence electrons. The second-order valence-electron chi connectivity index (χ2n) is 3.67. The van der Waals surface area contributed by atoms with Gasteiger partial charge in [-0.3, -0.25) is 4.79 Å². The molecule has 0 fully saturated rings. The topological polar surface area (TPSA) is 83.8 Å². The fourth-order valence-electron chi connectivity index (χ4n) is 1.15. The lowest BCUT2D eigenvalue weighted by molar-refractivity contribution is -0.136. The highest BCUT2D eigenvalue weighted by Gasteiger charge is 2.38. The number of carboxylic acids is 1. The maximum absolute atomic E-state index is 12.7. The lowest BCUT2D eigenvalue weighted by atomic mass is 10.4. The number of benzene rings is 1. The molecule has 0 aliphatic carbocycles. The minimum atomic E-state index is -4.97. The Morgan fingerprint density at radius 3 is 2.29 bits per heavy atom. The first-order valence-corrected chi connectivity index (χ1v) is 7.87. The Bertz CT molecular complexity index is 627.